The Morgan fingerprint density at radius 2 is 2.29 bits per heavy atom. The highest BCUT2D eigenvalue weighted by Crippen LogP contribution is 2.18. The Bertz CT molecular complexity index is 512. The maximum absolute atomic E-state index is 12.2. The van der Waals surface area contributed by atoms with Gasteiger partial charge >= 0.3 is 0 Å². The maximum atomic E-state index is 12.2. The molecule has 2 atom stereocenters. The van der Waals surface area contributed by atoms with Crippen molar-refractivity contribution in [2.24, 2.45) is 0 Å². The lowest BCUT2D eigenvalue weighted by molar-refractivity contribution is -0.141. The molecule has 1 aromatic rings. The third-order valence-corrected chi connectivity index (χ3v) is 4.16. The van der Waals surface area contributed by atoms with Gasteiger partial charge < -0.3 is 5.32 Å². The number of aromatic nitrogens is 2. The molecule has 1 fully saturated rings. The van der Waals surface area contributed by atoms with Crippen LogP contribution in [0.1, 0.15) is 44.4 Å². The van der Waals surface area contributed by atoms with Gasteiger partial charge in [0.05, 0.1) is 18.7 Å². The van der Waals surface area contributed by atoms with Gasteiger partial charge in [0.2, 0.25) is 11.8 Å². The normalized spacial score (nSPS) is 20.3. The lowest BCUT2D eigenvalue weighted by Crippen LogP contribution is -2.42. The van der Waals surface area contributed by atoms with Crippen LogP contribution in [-0.2, 0) is 16.0 Å². The highest BCUT2D eigenvalue weighted by atomic mass is 16.2. The summed E-state index contributed by atoms with van der Waals surface area (Å²) in [7, 11) is 0. The summed E-state index contributed by atoms with van der Waals surface area (Å²) in [6.07, 6.45) is 4.75. The Kier molecular flexibility index (Phi) is 5.12. The number of carbonyl (C=O) groups is 2. The average molecular weight is 292 g/mol. The number of aryl methyl sites for hydroxylation is 2. The van der Waals surface area contributed by atoms with E-state index in [2.05, 4.69) is 15.5 Å². The molecule has 0 bridgehead atoms. The first-order valence-corrected chi connectivity index (χ1v) is 7.62. The van der Waals surface area contributed by atoms with Crippen molar-refractivity contribution < 1.29 is 9.59 Å². The van der Waals surface area contributed by atoms with Gasteiger partial charge in [0, 0.05) is 11.7 Å². The van der Waals surface area contributed by atoms with Crippen LogP contribution in [0.2, 0.25) is 0 Å². The van der Waals surface area contributed by atoms with Gasteiger partial charge in [-0.25, -0.2) is 0 Å². The van der Waals surface area contributed by atoms with Crippen LogP contribution in [0.4, 0.5) is 0 Å². The topological polar surface area (TPSA) is 78.1 Å². The zero-order chi connectivity index (χ0) is 15.4. The van der Waals surface area contributed by atoms with Gasteiger partial charge in [-0.2, -0.15) is 5.10 Å². The van der Waals surface area contributed by atoms with Gasteiger partial charge in [-0.05, 0) is 45.2 Å². The van der Waals surface area contributed by atoms with E-state index in [9.17, 15) is 9.59 Å². The van der Waals surface area contributed by atoms with Crippen LogP contribution in [-0.4, -0.2) is 45.5 Å². The van der Waals surface area contributed by atoms with Crippen LogP contribution in [0.3, 0.4) is 0 Å². The largest absolute Gasteiger partial charge is 0.305 e. The predicted octanol–water partition coefficient (Wildman–Crippen LogP) is 1.17. The fourth-order valence-electron chi connectivity index (χ4n) is 2.64. The summed E-state index contributed by atoms with van der Waals surface area (Å²) in [6, 6.07) is -0.359. The standard InChI is InChI=1S/C15H24N4O2/c1-4-10(2)19-14(20)8-13(15(19)21)16-7-5-6-12-9-17-18-11(12)3/h9-10,13,16H,4-8H2,1-3H3,(H,17,18). The first kappa shape index (κ1) is 15.7. The minimum atomic E-state index is -0.350. The van der Waals surface area contributed by atoms with Crippen LogP contribution >= 0.6 is 0 Å². The number of aromatic amines is 1. The van der Waals surface area contributed by atoms with Crippen molar-refractivity contribution in [1.82, 2.24) is 20.4 Å². The second kappa shape index (κ2) is 6.85. The van der Waals surface area contributed by atoms with Crippen molar-refractivity contribution >= 4 is 11.8 Å². The summed E-state index contributed by atoms with van der Waals surface area (Å²) in [4.78, 5) is 25.5. The van der Waals surface area contributed by atoms with E-state index < -0.39 is 0 Å². The molecule has 2 amide bonds. The van der Waals surface area contributed by atoms with Crippen molar-refractivity contribution in [1.29, 1.82) is 0 Å². The molecule has 1 aliphatic rings. The first-order chi connectivity index (χ1) is 10.0. The molecule has 0 radical (unpaired) electrons. The molecule has 21 heavy (non-hydrogen) atoms. The van der Waals surface area contributed by atoms with Gasteiger partial charge in [-0.15, -0.1) is 0 Å². The Morgan fingerprint density at radius 1 is 1.52 bits per heavy atom. The van der Waals surface area contributed by atoms with Crippen LogP contribution < -0.4 is 5.32 Å². The number of amides is 2. The summed E-state index contributed by atoms with van der Waals surface area (Å²) in [5, 5.41) is 10.1. The predicted molar refractivity (Wildman–Crippen MR) is 79.7 cm³/mol. The second-order valence-corrected chi connectivity index (χ2v) is 5.69. The summed E-state index contributed by atoms with van der Waals surface area (Å²) in [6.45, 7) is 6.63. The summed E-state index contributed by atoms with van der Waals surface area (Å²) < 4.78 is 0. The average Bonchev–Trinajstić information content (AvgIpc) is 2.98. The Balaban J connectivity index is 1.78. The maximum Gasteiger partial charge on any atom is 0.247 e. The van der Waals surface area contributed by atoms with E-state index in [1.165, 1.54) is 10.5 Å². The van der Waals surface area contributed by atoms with Crippen molar-refractivity contribution in [2.45, 2.75) is 58.5 Å². The third-order valence-electron chi connectivity index (χ3n) is 4.16. The molecular formula is C15H24N4O2. The summed E-state index contributed by atoms with van der Waals surface area (Å²) in [5.74, 6) is -0.133. The SMILES string of the molecule is CCC(C)N1C(=O)CC(NCCCc2cn[nH]c2C)C1=O. The Morgan fingerprint density at radius 3 is 2.90 bits per heavy atom. The van der Waals surface area contributed by atoms with Crippen LogP contribution in [0.25, 0.3) is 0 Å². The van der Waals surface area contributed by atoms with E-state index in [0.717, 1.165) is 31.5 Å². The van der Waals surface area contributed by atoms with Gasteiger partial charge in [0.15, 0.2) is 0 Å². The van der Waals surface area contributed by atoms with Crippen LogP contribution in [0.5, 0.6) is 0 Å². The second-order valence-electron chi connectivity index (χ2n) is 5.69. The van der Waals surface area contributed by atoms with Crippen LogP contribution in [0.15, 0.2) is 6.20 Å². The molecule has 2 unspecified atom stereocenters. The minimum Gasteiger partial charge on any atom is -0.305 e. The number of hydrogen-bond donors (Lipinski definition) is 2. The number of nitrogens with one attached hydrogen (secondary N) is 2. The van der Waals surface area contributed by atoms with Gasteiger partial charge in [-0.3, -0.25) is 19.6 Å². The minimum absolute atomic E-state index is 0.00891. The highest BCUT2D eigenvalue weighted by Gasteiger charge is 2.40. The Labute approximate surface area is 125 Å². The van der Waals surface area contributed by atoms with Crippen molar-refractivity contribution in [3.8, 4) is 0 Å². The van der Waals surface area contributed by atoms with E-state index >= 15 is 0 Å². The monoisotopic (exact) mass is 292 g/mol. The summed E-state index contributed by atoms with van der Waals surface area (Å²) >= 11 is 0. The van der Waals surface area contributed by atoms with E-state index in [-0.39, 0.29) is 30.3 Å². The van der Waals surface area contributed by atoms with Crippen molar-refractivity contribution in [2.75, 3.05) is 6.54 Å². The van der Waals surface area contributed by atoms with Gasteiger partial charge in [0.1, 0.15) is 0 Å². The number of rotatable bonds is 7. The van der Waals surface area contributed by atoms with E-state index in [0.29, 0.717) is 0 Å². The number of H-pyrrole nitrogens is 1. The summed E-state index contributed by atoms with van der Waals surface area (Å²) in [5.41, 5.74) is 2.29. The fourth-order valence-corrected chi connectivity index (χ4v) is 2.64. The Hall–Kier alpha value is -1.69. The molecule has 116 valence electrons. The molecule has 0 aromatic carbocycles. The highest BCUT2D eigenvalue weighted by molar-refractivity contribution is 6.05. The lowest BCUT2D eigenvalue weighted by atomic mass is 10.1. The number of nitrogens with zero attached hydrogens (tertiary/aromatic N) is 2. The molecule has 0 saturated carbocycles. The molecule has 0 spiro atoms. The molecule has 0 aliphatic carbocycles. The smallest absolute Gasteiger partial charge is 0.247 e. The van der Waals surface area contributed by atoms with Gasteiger partial charge in [0.25, 0.3) is 0 Å². The number of hydrogen-bond acceptors (Lipinski definition) is 4. The molecule has 1 saturated heterocycles. The molecule has 1 aliphatic heterocycles. The number of likely N-dealkylation sites (tertiary alicyclic amines) is 1. The van der Waals surface area contributed by atoms with E-state index in [1.807, 2.05) is 27.0 Å². The van der Waals surface area contributed by atoms with E-state index in [1.54, 1.807) is 0 Å². The fraction of sp³-hybridized carbons (Fsp3) is 0.667. The number of imide groups is 1. The van der Waals surface area contributed by atoms with Crippen LogP contribution in [0, 0.1) is 6.92 Å². The van der Waals surface area contributed by atoms with Crippen molar-refractivity contribution in [3.05, 3.63) is 17.5 Å². The quantitative estimate of drug-likeness (QED) is 0.584. The van der Waals surface area contributed by atoms with E-state index in [4.69, 9.17) is 0 Å². The molecule has 1 aromatic heterocycles. The molecule has 6 heteroatoms. The third kappa shape index (κ3) is 3.50. The van der Waals surface area contributed by atoms with Crippen molar-refractivity contribution in [3.63, 3.8) is 0 Å². The van der Waals surface area contributed by atoms with Gasteiger partial charge in [-0.1, -0.05) is 6.92 Å². The zero-order valence-electron chi connectivity index (χ0n) is 13.0. The molecule has 2 N–H and O–H groups in total. The molecule has 6 nitrogen and oxygen atoms in total. The molecule has 2 rings (SSSR count). The zero-order valence-corrected chi connectivity index (χ0v) is 13.0. The lowest BCUT2D eigenvalue weighted by Gasteiger charge is -2.21. The molecule has 2 heterocycles. The number of carbonyl (C=O) groups excluding carboxylic acids is 2. The molecular weight excluding hydrogens is 268 g/mol. The first-order valence-electron chi connectivity index (χ1n) is 7.62.